The van der Waals surface area contributed by atoms with E-state index in [9.17, 15) is 9.59 Å². The molecule has 0 bridgehead atoms. The lowest BCUT2D eigenvalue weighted by Crippen LogP contribution is -2.23. The number of hydrogen-bond acceptors (Lipinski definition) is 6. The summed E-state index contributed by atoms with van der Waals surface area (Å²) in [7, 11) is 0. The summed E-state index contributed by atoms with van der Waals surface area (Å²) in [6, 6.07) is 18.2. The Balaban J connectivity index is 1.57. The van der Waals surface area contributed by atoms with Gasteiger partial charge in [-0.1, -0.05) is 36.9 Å². The van der Waals surface area contributed by atoms with Crippen LogP contribution in [0, 0.1) is 0 Å². The molecule has 30 heavy (non-hydrogen) atoms. The molecule has 6 nitrogen and oxygen atoms in total. The molecule has 0 spiro atoms. The molecule has 2 N–H and O–H groups in total. The maximum absolute atomic E-state index is 12.5. The largest absolute Gasteiger partial charge is 0.457 e. The highest BCUT2D eigenvalue weighted by Crippen LogP contribution is 2.24. The molecule has 1 heterocycles. The number of carbonyl (C=O) groups excluding carboxylic acids is 1. The van der Waals surface area contributed by atoms with E-state index >= 15 is 0 Å². The van der Waals surface area contributed by atoms with Crippen LogP contribution in [0.25, 0.3) is 0 Å². The molecular weight excluding hydrogens is 418 g/mol. The fraction of sp³-hybridized carbons (Fsp3) is 0.227. The van der Waals surface area contributed by atoms with Crippen LogP contribution in [-0.2, 0) is 10.5 Å². The lowest BCUT2D eigenvalue weighted by atomic mass is 10.3. The van der Waals surface area contributed by atoms with Crippen molar-refractivity contribution in [2.75, 3.05) is 11.1 Å². The normalized spacial score (nSPS) is 11.7. The van der Waals surface area contributed by atoms with E-state index in [1.165, 1.54) is 17.8 Å². The van der Waals surface area contributed by atoms with Gasteiger partial charge in [-0.05, 0) is 49.1 Å². The second-order valence-electron chi connectivity index (χ2n) is 6.37. The zero-order valence-corrected chi connectivity index (χ0v) is 18.4. The van der Waals surface area contributed by atoms with E-state index in [4.69, 9.17) is 4.74 Å². The van der Waals surface area contributed by atoms with Gasteiger partial charge in [0.15, 0.2) is 5.16 Å². The first-order valence-electron chi connectivity index (χ1n) is 9.52. The lowest BCUT2D eigenvalue weighted by molar-refractivity contribution is -0.115. The average Bonchev–Trinajstić information content (AvgIpc) is 2.74. The van der Waals surface area contributed by atoms with Crippen LogP contribution in [0.3, 0.4) is 0 Å². The van der Waals surface area contributed by atoms with Crippen molar-refractivity contribution < 1.29 is 9.53 Å². The van der Waals surface area contributed by atoms with E-state index in [1.807, 2.05) is 30.3 Å². The Kier molecular flexibility index (Phi) is 7.98. The topological polar surface area (TPSA) is 84.1 Å². The first-order chi connectivity index (χ1) is 14.5. The molecule has 0 aliphatic heterocycles. The molecule has 0 aliphatic rings. The Labute approximate surface area is 183 Å². The maximum Gasteiger partial charge on any atom is 0.251 e. The Hall–Kier alpha value is -2.71. The summed E-state index contributed by atoms with van der Waals surface area (Å²) in [5.74, 6) is 2.88. The fourth-order valence-corrected chi connectivity index (χ4v) is 3.91. The zero-order valence-electron chi connectivity index (χ0n) is 16.8. The van der Waals surface area contributed by atoms with Crippen molar-refractivity contribution in [2.45, 2.75) is 30.0 Å². The van der Waals surface area contributed by atoms with E-state index < -0.39 is 5.25 Å². The molecule has 8 heteroatoms. The average molecular weight is 442 g/mol. The second-order valence-corrected chi connectivity index (χ2v) is 8.97. The summed E-state index contributed by atoms with van der Waals surface area (Å²) >= 11 is 2.92. The highest BCUT2D eigenvalue weighted by molar-refractivity contribution is 8.00. The number of H-pyrrole nitrogens is 1. The van der Waals surface area contributed by atoms with Gasteiger partial charge in [-0.3, -0.25) is 9.59 Å². The van der Waals surface area contributed by atoms with E-state index in [2.05, 4.69) is 22.2 Å². The summed E-state index contributed by atoms with van der Waals surface area (Å²) in [6.07, 6.45) is 0. The zero-order chi connectivity index (χ0) is 21.3. The van der Waals surface area contributed by atoms with Gasteiger partial charge in [-0.15, -0.1) is 0 Å². The molecule has 0 saturated carbocycles. The molecule has 3 rings (SSSR count). The third-order valence-electron chi connectivity index (χ3n) is 3.99. The van der Waals surface area contributed by atoms with E-state index in [0.717, 1.165) is 17.2 Å². The minimum absolute atomic E-state index is 0.173. The number of aromatic nitrogens is 2. The van der Waals surface area contributed by atoms with E-state index in [1.54, 1.807) is 43.0 Å². The Morgan fingerprint density at radius 1 is 1.13 bits per heavy atom. The summed E-state index contributed by atoms with van der Waals surface area (Å²) in [6.45, 7) is 3.83. The predicted octanol–water partition coefficient (Wildman–Crippen LogP) is 4.93. The van der Waals surface area contributed by atoms with E-state index in [0.29, 0.717) is 22.3 Å². The van der Waals surface area contributed by atoms with Crippen LogP contribution in [0.4, 0.5) is 5.69 Å². The number of ether oxygens (including phenoxy) is 1. The van der Waals surface area contributed by atoms with Gasteiger partial charge in [0.05, 0.1) is 10.9 Å². The van der Waals surface area contributed by atoms with E-state index in [-0.39, 0.29) is 11.5 Å². The Morgan fingerprint density at radius 3 is 2.53 bits per heavy atom. The molecule has 3 aromatic rings. The number of anilines is 1. The predicted molar refractivity (Wildman–Crippen MR) is 124 cm³/mol. The highest BCUT2D eigenvalue weighted by atomic mass is 32.2. The molecule has 156 valence electrons. The Morgan fingerprint density at radius 2 is 1.83 bits per heavy atom. The molecule has 0 radical (unpaired) electrons. The van der Waals surface area contributed by atoms with Crippen LogP contribution >= 0.6 is 23.5 Å². The van der Waals surface area contributed by atoms with Crippen molar-refractivity contribution in [3.8, 4) is 11.5 Å². The van der Waals surface area contributed by atoms with Crippen LogP contribution < -0.4 is 15.6 Å². The number of hydrogen-bond donors (Lipinski definition) is 2. The molecule has 1 amide bonds. The monoisotopic (exact) mass is 441 g/mol. The van der Waals surface area contributed by atoms with Crippen LogP contribution in [0.1, 0.15) is 19.5 Å². The number of rotatable bonds is 9. The number of para-hydroxylation sites is 1. The van der Waals surface area contributed by atoms with Crippen molar-refractivity contribution in [1.29, 1.82) is 0 Å². The number of thioether (sulfide) groups is 2. The first kappa shape index (κ1) is 22.0. The van der Waals surface area contributed by atoms with Gasteiger partial charge in [-0.25, -0.2) is 4.98 Å². The van der Waals surface area contributed by atoms with Crippen molar-refractivity contribution in [3.63, 3.8) is 0 Å². The maximum atomic E-state index is 12.5. The molecule has 0 aliphatic carbocycles. The third-order valence-corrected chi connectivity index (χ3v) is 5.88. The molecule has 0 fully saturated rings. The summed E-state index contributed by atoms with van der Waals surface area (Å²) in [5, 5.41) is 2.90. The quantitative estimate of drug-likeness (QED) is 0.362. The van der Waals surface area contributed by atoms with Gasteiger partial charge in [0.25, 0.3) is 5.56 Å². The minimum atomic E-state index is -0.428. The van der Waals surface area contributed by atoms with Crippen LogP contribution in [0.15, 0.2) is 70.6 Å². The van der Waals surface area contributed by atoms with Gasteiger partial charge in [0, 0.05) is 17.5 Å². The number of amides is 1. The summed E-state index contributed by atoms with van der Waals surface area (Å²) in [4.78, 5) is 31.5. The molecule has 1 aromatic heterocycles. The Bertz CT molecular complexity index is 1020. The summed E-state index contributed by atoms with van der Waals surface area (Å²) in [5.41, 5.74) is 1.18. The standard InChI is InChI=1S/C22H23N3O3S2/c1-3-29-14-17-13-20(26)25-22(24-17)30-15(2)21(27)23-16-9-11-19(12-10-16)28-18-7-5-4-6-8-18/h4-13,15H,3,14H2,1-2H3,(H,23,27)(H,24,25,26). The van der Waals surface area contributed by atoms with Gasteiger partial charge in [0.1, 0.15) is 11.5 Å². The van der Waals surface area contributed by atoms with Crippen molar-refractivity contribution in [3.05, 3.63) is 76.7 Å². The first-order valence-corrected chi connectivity index (χ1v) is 11.6. The van der Waals surface area contributed by atoms with Gasteiger partial charge in [0.2, 0.25) is 5.91 Å². The molecule has 1 atom stereocenters. The highest BCUT2D eigenvalue weighted by Gasteiger charge is 2.16. The summed E-state index contributed by atoms with van der Waals surface area (Å²) < 4.78 is 5.75. The smallest absolute Gasteiger partial charge is 0.251 e. The van der Waals surface area contributed by atoms with Gasteiger partial charge in [-0.2, -0.15) is 11.8 Å². The van der Waals surface area contributed by atoms with Crippen molar-refractivity contribution in [2.24, 2.45) is 0 Å². The van der Waals surface area contributed by atoms with Crippen molar-refractivity contribution >= 4 is 35.1 Å². The number of aromatic amines is 1. The van der Waals surface area contributed by atoms with Gasteiger partial charge < -0.3 is 15.0 Å². The molecule has 2 aromatic carbocycles. The van der Waals surface area contributed by atoms with Crippen LogP contribution in [0.5, 0.6) is 11.5 Å². The fourth-order valence-electron chi connectivity index (χ4n) is 2.52. The SMILES string of the molecule is CCSCc1cc(=O)[nH]c(SC(C)C(=O)Nc2ccc(Oc3ccccc3)cc2)n1. The molecule has 1 unspecified atom stereocenters. The molecule has 0 saturated heterocycles. The second kappa shape index (κ2) is 10.9. The third kappa shape index (κ3) is 6.67. The van der Waals surface area contributed by atoms with Gasteiger partial charge >= 0.3 is 0 Å². The number of nitrogens with zero attached hydrogens (tertiary/aromatic N) is 1. The molecular formula is C22H23N3O3S2. The number of benzene rings is 2. The van der Waals surface area contributed by atoms with Crippen LogP contribution in [-0.4, -0.2) is 26.9 Å². The van der Waals surface area contributed by atoms with Crippen LogP contribution in [0.2, 0.25) is 0 Å². The number of carbonyl (C=O) groups is 1. The van der Waals surface area contributed by atoms with Crippen molar-refractivity contribution in [1.82, 2.24) is 9.97 Å². The number of nitrogens with one attached hydrogen (secondary N) is 2. The minimum Gasteiger partial charge on any atom is -0.457 e. The lowest BCUT2D eigenvalue weighted by Gasteiger charge is -2.12.